The minimum absolute atomic E-state index is 0.224. The molecular formula is C7H7O3. The minimum atomic E-state index is -1.95. The van der Waals surface area contributed by atoms with Gasteiger partial charge in [-0.05, 0) is 12.5 Å². The highest BCUT2D eigenvalue weighted by Gasteiger charge is 2.34. The number of Topliss-reactive ketones (excluding diaryl/α,β-unsaturated/α-hetero) is 1. The van der Waals surface area contributed by atoms with Crippen LogP contribution in [-0.2, 0) is 9.59 Å². The molecule has 0 aromatic heterocycles. The Morgan fingerprint density at radius 2 is 2.40 bits per heavy atom. The first-order valence-corrected chi connectivity index (χ1v) is 3.02. The molecular weight excluding hydrogens is 132 g/mol. The van der Waals surface area contributed by atoms with E-state index in [4.69, 9.17) is 5.11 Å². The monoisotopic (exact) mass is 139 g/mol. The van der Waals surface area contributed by atoms with E-state index in [1.54, 1.807) is 6.08 Å². The summed E-state index contributed by atoms with van der Waals surface area (Å²) in [4.78, 5) is 20.8. The van der Waals surface area contributed by atoms with E-state index >= 15 is 0 Å². The van der Waals surface area contributed by atoms with Crippen molar-refractivity contribution in [1.82, 2.24) is 0 Å². The predicted octanol–water partition coefficient (Wildman–Crippen LogP) is -0.254. The number of carbonyl (C=O) groups excluding carboxylic acids is 2. The smallest absolute Gasteiger partial charge is 0.245 e. The Bertz CT molecular complexity index is 195. The van der Waals surface area contributed by atoms with E-state index in [-0.39, 0.29) is 6.42 Å². The van der Waals surface area contributed by atoms with Crippen molar-refractivity contribution in [1.29, 1.82) is 0 Å². The number of ketones is 1. The summed E-state index contributed by atoms with van der Waals surface area (Å²) >= 11 is 0. The van der Waals surface area contributed by atoms with E-state index in [2.05, 4.69) is 0 Å². The van der Waals surface area contributed by atoms with E-state index < -0.39 is 11.4 Å². The van der Waals surface area contributed by atoms with Crippen molar-refractivity contribution < 1.29 is 14.7 Å². The summed E-state index contributed by atoms with van der Waals surface area (Å²) in [5, 5.41) is 9.09. The first-order chi connectivity index (χ1) is 4.69. The maximum atomic E-state index is 10.8. The van der Waals surface area contributed by atoms with Gasteiger partial charge in [0, 0.05) is 6.42 Å². The summed E-state index contributed by atoms with van der Waals surface area (Å²) in [5.41, 5.74) is -1.95. The van der Waals surface area contributed by atoms with E-state index in [1.807, 2.05) is 0 Å². The summed E-state index contributed by atoms with van der Waals surface area (Å²) in [6, 6.07) is 0. The predicted molar refractivity (Wildman–Crippen MR) is 34.0 cm³/mol. The van der Waals surface area contributed by atoms with Gasteiger partial charge in [-0.15, -0.1) is 0 Å². The van der Waals surface area contributed by atoms with Crippen LogP contribution < -0.4 is 0 Å². The van der Waals surface area contributed by atoms with Gasteiger partial charge in [0.25, 0.3) is 0 Å². The van der Waals surface area contributed by atoms with Crippen LogP contribution in [0.25, 0.3) is 0 Å². The Morgan fingerprint density at radius 3 is 2.80 bits per heavy atom. The molecule has 1 N–H and O–H groups in total. The summed E-state index contributed by atoms with van der Waals surface area (Å²) in [7, 11) is 0. The van der Waals surface area contributed by atoms with Crippen LogP contribution in [0.5, 0.6) is 0 Å². The summed E-state index contributed by atoms with van der Waals surface area (Å²) in [6.45, 7) is 0. The molecule has 0 aliphatic heterocycles. The summed E-state index contributed by atoms with van der Waals surface area (Å²) in [6.07, 6.45) is 4.91. The Balaban J connectivity index is 2.91. The molecule has 1 atom stereocenters. The van der Waals surface area contributed by atoms with Crippen LogP contribution in [0.3, 0.4) is 0 Å². The van der Waals surface area contributed by atoms with Crippen molar-refractivity contribution in [2.45, 2.75) is 18.4 Å². The molecule has 1 rings (SSSR count). The second-order valence-electron chi connectivity index (χ2n) is 2.23. The number of aliphatic hydroxyl groups is 1. The van der Waals surface area contributed by atoms with Gasteiger partial charge in [0.05, 0.1) is 0 Å². The van der Waals surface area contributed by atoms with Gasteiger partial charge in [0.15, 0.2) is 5.78 Å². The van der Waals surface area contributed by atoms with Gasteiger partial charge in [0.1, 0.15) is 0 Å². The molecule has 1 aliphatic rings. The van der Waals surface area contributed by atoms with Gasteiger partial charge < -0.3 is 5.11 Å². The maximum absolute atomic E-state index is 10.8. The Kier molecular flexibility index (Phi) is 1.68. The third-order valence-corrected chi connectivity index (χ3v) is 1.48. The van der Waals surface area contributed by atoms with E-state index in [1.165, 1.54) is 12.4 Å². The quantitative estimate of drug-likeness (QED) is 0.402. The average molecular weight is 139 g/mol. The molecule has 0 bridgehead atoms. The Labute approximate surface area is 58.4 Å². The number of hydrogen-bond donors (Lipinski definition) is 1. The fourth-order valence-corrected chi connectivity index (χ4v) is 0.843. The molecule has 10 heavy (non-hydrogen) atoms. The minimum Gasteiger partial charge on any atom is -0.371 e. The Hall–Kier alpha value is -0.960. The number of allylic oxidation sites excluding steroid dienone is 1. The fourth-order valence-electron chi connectivity index (χ4n) is 0.843. The lowest BCUT2D eigenvalue weighted by Crippen LogP contribution is -2.39. The van der Waals surface area contributed by atoms with Crippen LogP contribution in [-0.4, -0.2) is 22.8 Å². The third kappa shape index (κ3) is 0.998. The maximum Gasteiger partial charge on any atom is 0.245 e. The lowest BCUT2D eigenvalue weighted by atomic mass is 9.91. The normalized spacial score (nSPS) is 32.3. The van der Waals surface area contributed by atoms with Gasteiger partial charge in [-0.3, -0.25) is 9.59 Å². The lowest BCUT2D eigenvalue weighted by Gasteiger charge is -2.17. The second-order valence-corrected chi connectivity index (χ2v) is 2.23. The topological polar surface area (TPSA) is 54.4 Å². The van der Waals surface area contributed by atoms with Crippen LogP contribution in [0, 0.1) is 0 Å². The Morgan fingerprint density at radius 1 is 1.70 bits per heavy atom. The van der Waals surface area contributed by atoms with E-state index in [9.17, 15) is 9.59 Å². The first kappa shape index (κ1) is 7.15. The summed E-state index contributed by atoms with van der Waals surface area (Å²) in [5.74, 6) is -0.468. The standard InChI is InChI=1S/C7H7O3/c8-5-7(10)4-2-1-3-6(7)9/h2,4,10H,1,3H2. The van der Waals surface area contributed by atoms with Gasteiger partial charge in [-0.25, -0.2) is 0 Å². The fraction of sp³-hybridized carbons (Fsp3) is 0.429. The third-order valence-electron chi connectivity index (χ3n) is 1.48. The van der Waals surface area contributed by atoms with E-state index in [0.717, 1.165) is 0 Å². The van der Waals surface area contributed by atoms with Crippen LogP contribution in [0.1, 0.15) is 12.8 Å². The van der Waals surface area contributed by atoms with Crippen LogP contribution in [0.15, 0.2) is 12.2 Å². The molecule has 1 aliphatic carbocycles. The molecule has 0 saturated carbocycles. The average Bonchev–Trinajstić information content (AvgIpc) is 1.96. The molecule has 0 saturated heterocycles. The molecule has 0 heterocycles. The van der Waals surface area contributed by atoms with Crippen LogP contribution in [0.2, 0.25) is 0 Å². The first-order valence-electron chi connectivity index (χ1n) is 3.02. The highest BCUT2D eigenvalue weighted by Crippen LogP contribution is 2.15. The number of rotatable bonds is 1. The highest BCUT2D eigenvalue weighted by molar-refractivity contribution is 6.04. The van der Waals surface area contributed by atoms with Crippen molar-refractivity contribution in [3.63, 3.8) is 0 Å². The molecule has 0 spiro atoms. The van der Waals surface area contributed by atoms with Crippen molar-refractivity contribution >= 4 is 12.1 Å². The number of carbonyl (C=O) groups is 1. The molecule has 3 heteroatoms. The highest BCUT2D eigenvalue weighted by atomic mass is 16.3. The molecule has 0 fully saturated rings. The second kappa shape index (κ2) is 2.34. The molecule has 1 unspecified atom stereocenters. The molecule has 53 valence electrons. The van der Waals surface area contributed by atoms with Crippen LogP contribution >= 0.6 is 0 Å². The van der Waals surface area contributed by atoms with E-state index in [0.29, 0.717) is 6.42 Å². The SMILES string of the molecule is O=[C]C1(O)C=CCCC1=O. The van der Waals surface area contributed by atoms with Crippen molar-refractivity contribution in [3.8, 4) is 0 Å². The van der Waals surface area contributed by atoms with Gasteiger partial charge in [-0.1, -0.05) is 6.08 Å². The molecule has 1 radical (unpaired) electrons. The van der Waals surface area contributed by atoms with Gasteiger partial charge >= 0.3 is 0 Å². The number of hydrogen-bond acceptors (Lipinski definition) is 3. The van der Waals surface area contributed by atoms with Crippen LogP contribution in [0.4, 0.5) is 0 Å². The van der Waals surface area contributed by atoms with Gasteiger partial charge in [0.2, 0.25) is 11.9 Å². The lowest BCUT2D eigenvalue weighted by molar-refractivity contribution is -0.128. The van der Waals surface area contributed by atoms with Crippen molar-refractivity contribution in [2.24, 2.45) is 0 Å². The zero-order valence-electron chi connectivity index (χ0n) is 5.33. The summed E-state index contributed by atoms with van der Waals surface area (Å²) < 4.78 is 0. The van der Waals surface area contributed by atoms with Crippen molar-refractivity contribution in [3.05, 3.63) is 12.2 Å². The zero-order chi connectivity index (χ0) is 7.61. The van der Waals surface area contributed by atoms with Gasteiger partial charge in [-0.2, -0.15) is 0 Å². The molecule has 0 aromatic carbocycles. The molecule has 3 nitrogen and oxygen atoms in total. The largest absolute Gasteiger partial charge is 0.371 e. The molecule has 0 aromatic rings. The zero-order valence-corrected chi connectivity index (χ0v) is 5.33. The van der Waals surface area contributed by atoms with Crippen molar-refractivity contribution in [2.75, 3.05) is 0 Å². The molecule has 0 amide bonds.